The van der Waals surface area contributed by atoms with Crippen LogP contribution in [0.3, 0.4) is 0 Å². The first-order valence-electron chi connectivity index (χ1n) is 7.78. The minimum absolute atomic E-state index is 0.0993. The quantitative estimate of drug-likeness (QED) is 0.602. The predicted octanol–water partition coefficient (Wildman–Crippen LogP) is 3.81. The highest BCUT2D eigenvalue weighted by molar-refractivity contribution is 8.26. The van der Waals surface area contributed by atoms with Gasteiger partial charge in [0.2, 0.25) is 0 Å². The molecule has 0 radical (unpaired) electrons. The number of rotatable bonds is 5. The van der Waals surface area contributed by atoms with E-state index in [1.807, 2.05) is 6.07 Å². The summed E-state index contributed by atoms with van der Waals surface area (Å²) >= 11 is 6.48. The van der Waals surface area contributed by atoms with E-state index in [1.165, 1.54) is 4.90 Å². The molecule has 1 amide bonds. The van der Waals surface area contributed by atoms with E-state index in [9.17, 15) is 19.8 Å². The van der Waals surface area contributed by atoms with Crippen LogP contribution in [0.4, 0.5) is 0 Å². The number of amides is 1. The van der Waals surface area contributed by atoms with E-state index in [2.05, 4.69) is 0 Å². The van der Waals surface area contributed by atoms with Gasteiger partial charge in [0.1, 0.15) is 10.1 Å². The lowest BCUT2D eigenvalue weighted by molar-refractivity contribution is -0.138. The van der Waals surface area contributed by atoms with Gasteiger partial charge in [0.15, 0.2) is 0 Å². The maximum Gasteiger partial charge on any atom is 0.305 e. The van der Waals surface area contributed by atoms with E-state index in [0.717, 1.165) is 11.8 Å². The Balaban J connectivity index is 1.95. The van der Waals surface area contributed by atoms with Gasteiger partial charge in [-0.3, -0.25) is 14.5 Å². The van der Waals surface area contributed by atoms with Gasteiger partial charge in [0.05, 0.1) is 17.4 Å². The van der Waals surface area contributed by atoms with Crippen LogP contribution in [0.25, 0.3) is 6.08 Å². The van der Waals surface area contributed by atoms with Crippen LogP contribution in [0.5, 0.6) is 5.75 Å². The third-order valence-corrected chi connectivity index (χ3v) is 5.19. The summed E-state index contributed by atoms with van der Waals surface area (Å²) in [5, 5.41) is 18.8. The van der Waals surface area contributed by atoms with E-state index >= 15 is 0 Å². The van der Waals surface area contributed by atoms with Crippen LogP contribution in [-0.2, 0) is 9.59 Å². The number of hydrogen-bond donors (Lipinski definition) is 2. The highest BCUT2D eigenvalue weighted by Gasteiger charge is 2.38. The Morgan fingerprint density at radius 2 is 1.92 bits per heavy atom. The normalized spacial score (nSPS) is 16.9. The molecule has 1 heterocycles. The molecule has 1 aliphatic heterocycles. The van der Waals surface area contributed by atoms with Crippen molar-refractivity contribution in [1.29, 1.82) is 0 Å². The van der Waals surface area contributed by atoms with Crippen molar-refractivity contribution in [3.8, 4) is 5.75 Å². The van der Waals surface area contributed by atoms with Crippen LogP contribution in [0.15, 0.2) is 59.5 Å². The first-order chi connectivity index (χ1) is 12.5. The zero-order valence-electron chi connectivity index (χ0n) is 13.5. The first-order valence-corrected chi connectivity index (χ1v) is 9.01. The molecule has 1 saturated heterocycles. The van der Waals surface area contributed by atoms with Crippen molar-refractivity contribution < 1.29 is 19.8 Å². The topological polar surface area (TPSA) is 77.8 Å². The van der Waals surface area contributed by atoms with Crippen molar-refractivity contribution in [2.45, 2.75) is 12.5 Å². The molecule has 0 unspecified atom stereocenters. The summed E-state index contributed by atoms with van der Waals surface area (Å²) in [4.78, 5) is 26.0. The van der Waals surface area contributed by atoms with Crippen molar-refractivity contribution in [2.75, 3.05) is 0 Å². The first kappa shape index (κ1) is 18.2. The second-order valence-electron chi connectivity index (χ2n) is 5.67. The SMILES string of the molecule is O=C(O)C[C@@H](c1ccccc1)N1C(=O)/C(=C\c2cccc(O)c2)SC1=S. The molecule has 1 atom stereocenters. The number of carboxylic acids is 1. The summed E-state index contributed by atoms with van der Waals surface area (Å²) in [6.07, 6.45) is 1.40. The molecular formula is C19H15NO4S2. The fourth-order valence-electron chi connectivity index (χ4n) is 2.71. The van der Waals surface area contributed by atoms with E-state index in [4.69, 9.17) is 12.2 Å². The lowest BCUT2D eigenvalue weighted by atomic mass is 10.0. The number of benzene rings is 2. The van der Waals surface area contributed by atoms with Crippen molar-refractivity contribution in [2.24, 2.45) is 0 Å². The summed E-state index contributed by atoms with van der Waals surface area (Å²) < 4.78 is 0.316. The zero-order chi connectivity index (χ0) is 18.7. The molecule has 1 fully saturated rings. The molecule has 0 aromatic heterocycles. The van der Waals surface area contributed by atoms with Gasteiger partial charge >= 0.3 is 5.97 Å². The molecule has 2 N–H and O–H groups in total. The van der Waals surface area contributed by atoms with Crippen molar-refractivity contribution in [1.82, 2.24) is 4.90 Å². The van der Waals surface area contributed by atoms with Crippen LogP contribution >= 0.6 is 24.0 Å². The molecule has 0 bridgehead atoms. The third kappa shape index (κ3) is 3.95. The highest BCUT2D eigenvalue weighted by atomic mass is 32.2. The van der Waals surface area contributed by atoms with Gasteiger partial charge in [-0.25, -0.2) is 0 Å². The van der Waals surface area contributed by atoms with Gasteiger partial charge in [0.25, 0.3) is 5.91 Å². The minimum atomic E-state index is -1.01. The molecule has 2 aromatic carbocycles. The van der Waals surface area contributed by atoms with E-state index < -0.39 is 12.0 Å². The molecule has 7 heteroatoms. The number of aromatic hydroxyl groups is 1. The van der Waals surface area contributed by atoms with Crippen LogP contribution in [0.2, 0.25) is 0 Å². The number of aliphatic carboxylic acids is 1. The fourth-order valence-corrected chi connectivity index (χ4v) is 4.07. The summed E-state index contributed by atoms with van der Waals surface area (Å²) in [6.45, 7) is 0. The fraction of sp³-hybridized carbons (Fsp3) is 0.105. The number of thioether (sulfide) groups is 1. The van der Waals surface area contributed by atoms with Crippen molar-refractivity contribution in [3.05, 3.63) is 70.6 Å². The van der Waals surface area contributed by atoms with Crippen LogP contribution < -0.4 is 0 Å². The Labute approximate surface area is 160 Å². The zero-order valence-corrected chi connectivity index (χ0v) is 15.2. The number of carboxylic acid groups (broad SMARTS) is 1. The third-order valence-electron chi connectivity index (χ3n) is 3.86. The average molecular weight is 385 g/mol. The van der Waals surface area contributed by atoms with E-state index in [0.29, 0.717) is 20.4 Å². The molecule has 26 heavy (non-hydrogen) atoms. The maximum absolute atomic E-state index is 12.9. The smallest absolute Gasteiger partial charge is 0.305 e. The number of hydrogen-bond acceptors (Lipinski definition) is 5. The molecule has 2 aromatic rings. The Hall–Kier alpha value is -2.64. The summed E-state index contributed by atoms with van der Waals surface area (Å²) in [6, 6.07) is 14.8. The Morgan fingerprint density at radius 3 is 2.58 bits per heavy atom. The lowest BCUT2D eigenvalue weighted by Gasteiger charge is -2.26. The van der Waals surface area contributed by atoms with Gasteiger partial charge in [-0.15, -0.1) is 0 Å². The van der Waals surface area contributed by atoms with Crippen molar-refractivity contribution in [3.63, 3.8) is 0 Å². The maximum atomic E-state index is 12.9. The molecule has 0 spiro atoms. The Morgan fingerprint density at radius 1 is 1.19 bits per heavy atom. The van der Waals surface area contributed by atoms with Crippen molar-refractivity contribution >= 4 is 46.3 Å². The van der Waals surface area contributed by atoms with E-state index in [1.54, 1.807) is 54.6 Å². The summed E-state index contributed by atoms with van der Waals surface area (Å²) in [5.74, 6) is -1.24. The average Bonchev–Trinajstić information content (AvgIpc) is 2.87. The second kappa shape index (κ2) is 7.72. The molecule has 132 valence electrons. The van der Waals surface area contributed by atoms with Gasteiger partial charge in [-0.05, 0) is 29.3 Å². The van der Waals surface area contributed by atoms with Gasteiger partial charge in [0, 0.05) is 0 Å². The molecule has 1 aliphatic rings. The van der Waals surface area contributed by atoms with Crippen LogP contribution in [0.1, 0.15) is 23.6 Å². The number of carbonyl (C=O) groups is 2. The minimum Gasteiger partial charge on any atom is -0.508 e. The van der Waals surface area contributed by atoms with E-state index in [-0.39, 0.29) is 18.1 Å². The summed E-state index contributed by atoms with van der Waals surface area (Å²) in [5.41, 5.74) is 1.38. The Bertz CT molecular complexity index is 895. The highest BCUT2D eigenvalue weighted by Crippen LogP contribution is 2.39. The monoisotopic (exact) mass is 385 g/mol. The number of phenolic OH excluding ortho intramolecular Hbond substituents is 1. The lowest BCUT2D eigenvalue weighted by Crippen LogP contribution is -2.34. The molecule has 5 nitrogen and oxygen atoms in total. The van der Waals surface area contributed by atoms with Crippen LogP contribution in [-0.4, -0.2) is 31.3 Å². The molecule has 3 rings (SSSR count). The number of nitrogens with zero attached hydrogens (tertiary/aromatic N) is 1. The predicted molar refractivity (Wildman–Crippen MR) is 105 cm³/mol. The van der Waals surface area contributed by atoms with Crippen LogP contribution in [0, 0.1) is 0 Å². The Kier molecular flexibility index (Phi) is 5.39. The largest absolute Gasteiger partial charge is 0.508 e. The van der Waals surface area contributed by atoms with Gasteiger partial charge in [-0.1, -0.05) is 66.4 Å². The number of thiocarbonyl (C=S) groups is 1. The van der Waals surface area contributed by atoms with Gasteiger partial charge < -0.3 is 10.2 Å². The second-order valence-corrected chi connectivity index (χ2v) is 7.35. The van der Waals surface area contributed by atoms with Gasteiger partial charge in [-0.2, -0.15) is 0 Å². The number of carbonyl (C=O) groups excluding carboxylic acids is 1. The standard InChI is InChI=1S/C19H15NO4S2/c21-14-8-4-5-12(9-14)10-16-18(24)20(19(25)26-16)15(11-17(22)23)13-6-2-1-3-7-13/h1-10,15,21H,11H2,(H,22,23)/b16-10+/t15-/m0/s1. The number of phenols is 1. The summed E-state index contributed by atoms with van der Waals surface area (Å²) in [7, 11) is 0. The molecule has 0 aliphatic carbocycles. The molecular weight excluding hydrogens is 370 g/mol. The molecule has 0 saturated carbocycles.